The van der Waals surface area contributed by atoms with Crippen molar-refractivity contribution in [2.75, 3.05) is 0 Å². The lowest BCUT2D eigenvalue weighted by molar-refractivity contribution is -0.274. The van der Waals surface area contributed by atoms with E-state index in [1.165, 1.54) is 24.3 Å². The third-order valence-electron chi connectivity index (χ3n) is 5.07. The van der Waals surface area contributed by atoms with Crippen molar-refractivity contribution in [2.24, 2.45) is 0 Å². The lowest BCUT2D eigenvalue weighted by atomic mass is 10.2. The zero-order valence-corrected chi connectivity index (χ0v) is 18.5. The standard InChI is InChI=1S/C25H22F3N3O3/c1-3-21-23(31-13-12-16(2)14-22(31)30-21)24(32)29-15-17-4-6-18(7-5-17)33-19-8-10-20(11-9-19)34-25(26,27)28/h4-14H,3,15H2,1-2H3,(H,29,32). The van der Waals surface area contributed by atoms with Crippen LogP contribution in [0.1, 0.15) is 34.2 Å². The van der Waals surface area contributed by atoms with Crippen LogP contribution in [0.2, 0.25) is 0 Å². The topological polar surface area (TPSA) is 64.9 Å². The van der Waals surface area contributed by atoms with Gasteiger partial charge in [-0.2, -0.15) is 0 Å². The van der Waals surface area contributed by atoms with Gasteiger partial charge < -0.3 is 14.8 Å². The van der Waals surface area contributed by atoms with Gasteiger partial charge in [0.15, 0.2) is 0 Å². The number of nitrogens with one attached hydrogen (secondary N) is 1. The van der Waals surface area contributed by atoms with E-state index in [2.05, 4.69) is 15.0 Å². The molecule has 0 saturated heterocycles. The second kappa shape index (κ2) is 9.46. The van der Waals surface area contributed by atoms with Crippen LogP contribution in [0.3, 0.4) is 0 Å². The van der Waals surface area contributed by atoms with Gasteiger partial charge in [-0.05, 0) is 73.0 Å². The Morgan fingerprint density at radius 2 is 1.62 bits per heavy atom. The van der Waals surface area contributed by atoms with Crippen LogP contribution in [-0.4, -0.2) is 21.7 Å². The minimum atomic E-state index is -4.74. The number of aromatic nitrogens is 2. The number of carbonyl (C=O) groups is 1. The fraction of sp³-hybridized carbons (Fsp3) is 0.200. The predicted octanol–water partition coefficient (Wildman–Crippen LogP) is 5.83. The minimum absolute atomic E-state index is 0.213. The van der Waals surface area contributed by atoms with E-state index in [1.54, 1.807) is 28.7 Å². The molecule has 4 aromatic rings. The summed E-state index contributed by atoms with van der Waals surface area (Å²) in [6.07, 6.45) is -2.26. The number of hydrogen-bond donors (Lipinski definition) is 1. The number of rotatable bonds is 7. The molecule has 0 spiro atoms. The quantitative estimate of drug-likeness (QED) is 0.370. The maximum atomic E-state index is 12.9. The summed E-state index contributed by atoms with van der Waals surface area (Å²) in [5.41, 5.74) is 3.92. The minimum Gasteiger partial charge on any atom is -0.457 e. The summed E-state index contributed by atoms with van der Waals surface area (Å²) >= 11 is 0. The van der Waals surface area contributed by atoms with Gasteiger partial charge in [-0.3, -0.25) is 9.20 Å². The normalized spacial score (nSPS) is 11.4. The van der Waals surface area contributed by atoms with Crippen LogP contribution in [0, 0.1) is 6.92 Å². The van der Waals surface area contributed by atoms with Crippen molar-refractivity contribution in [1.29, 1.82) is 0 Å². The Labute approximate surface area is 194 Å². The van der Waals surface area contributed by atoms with Gasteiger partial charge in [-0.15, -0.1) is 13.2 Å². The molecule has 176 valence electrons. The predicted molar refractivity (Wildman–Crippen MR) is 120 cm³/mol. The third-order valence-corrected chi connectivity index (χ3v) is 5.07. The second-order valence-electron chi connectivity index (χ2n) is 7.64. The van der Waals surface area contributed by atoms with E-state index in [-0.39, 0.29) is 11.7 Å². The van der Waals surface area contributed by atoms with Gasteiger partial charge in [0, 0.05) is 12.7 Å². The molecule has 0 atom stereocenters. The monoisotopic (exact) mass is 469 g/mol. The summed E-state index contributed by atoms with van der Waals surface area (Å²) in [7, 11) is 0. The number of pyridine rings is 1. The number of imidazole rings is 1. The smallest absolute Gasteiger partial charge is 0.457 e. The highest BCUT2D eigenvalue weighted by Crippen LogP contribution is 2.27. The molecule has 0 aliphatic carbocycles. The van der Waals surface area contributed by atoms with Crippen LogP contribution in [0.4, 0.5) is 13.2 Å². The number of aryl methyl sites for hydroxylation is 2. The number of nitrogens with zero attached hydrogens (tertiary/aromatic N) is 2. The Bertz CT molecular complexity index is 1300. The summed E-state index contributed by atoms with van der Waals surface area (Å²) in [6.45, 7) is 4.25. The highest BCUT2D eigenvalue weighted by Gasteiger charge is 2.31. The first kappa shape index (κ1) is 23.2. The summed E-state index contributed by atoms with van der Waals surface area (Å²) in [4.78, 5) is 17.5. The molecular formula is C25H22F3N3O3. The van der Waals surface area contributed by atoms with Crippen LogP contribution >= 0.6 is 0 Å². The molecule has 9 heteroatoms. The zero-order valence-electron chi connectivity index (χ0n) is 18.5. The van der Waals surface area contributed by atoms with Gasteiger partial charge in [-0.25, -0.2) is 4.98 Å². The van der Waals surface area contributed by atoms with E-state index in [0.29, 0.717) is 30.2 Å². The summed E-state index contributed by atoms with van der Waals surface area (Å²) in [5, 5.41) is 2.93. The maximum Gasteiger partial charge on any atom is 0.573 e. The largest absolute Gasteiger partial charge is 0.573 e. The van der Waals surface area contributed by atoms with Crippen LogP contribution in [0.15, 0.2) is 66.9 Å². The van der Waals surface area contributed by atoms with E-state index < -0.39 is 6.36 Å². The van der Waals surface area contributed by atoms with Crippen molar-refractivity contribution in [1.82, 2.24) is 14.7 Å². The molecule has 0 unspecified atom stereocenters. The number of halogens is 3. The van der Waals surface area contributed by atoms with Crippen molar-refractivity contribution in [3.8, 4) is 17.2 Å². The average molecular weight is 469 g/mol. The molecule has 0 fully saturated rings. The van der Waals surface area contributed by atoms with E-state index in [4.69, 9.17) is 4.74 Å². The number of fused-ring (bicyclic) bond motifs is 1. The average Bonchev–Trinajstić information content (AvgIpc) is 3.16. The number of benzene rings is 2. The first-order chi connectivity index (χ1) is 16.2. The van der Waals surface area contributed by atoms with Crippen molar-refractivity contribution >= 4 is 11.6 Å². The summed E-state index contributed by atoms with van der Waals surface area (Å²) in [5.74, 6) is 0.337. The zero-order chi connectivity index (χ0) is 24.3. The lowest BCUT2D eigenvalue weighted by Crippen LogP contribution is -2.25. The SMILES string of the molecule is CCc1nc2cc(C)ccn2c1C(=O)NCc1ccc(Oc2ccc(OC(F)(F)F)cc2)cc1. The molecule has 2 heterocycles. The fourth-order valence-electron chi connectivity index (χ4n) is 3.47. The highest BCUT2D eigenvalue weighted by molar-refractivity contribution is 5.94. The third kappa shape index (κ3) is 5.48. The molecule has 2 aromatic carbocycles. The number of alkyl halides is 3. The van der Waals surface area contributed by atoms with Gasteiger partial charge in [0.25, 0.3) is 5.91 Å². The molecule has 1 N–H and O–H groups in total. The second-order valence-corrected chi connectivity index (χ2v) is 7.64. The van der Waals surface area contributed by atoms with Crippen LogP contribution in [0.5, 0.6) is 17.2 Å². The molecule has 0 aliphatic rings. The van der Waals surface area contributed by atoms with Crippen molar-refractivity contribution in [3.63, 3.8) is 0 Å². The van der Waals surface area contributed by atoms with Crippen LogP contribution in [0.25, 0.3) is 5.65 Å². The lowest BCUT2D eigenvalue weighted by Gasteiger charge is -2.11. The molecule has 34 heavy (non-hydrogen) atoms. The fourth-order valence-corrected chi connectivity index (χ4v) is 3.47. The van der Waals surface area contributed by atoms with Gasteiger partial charge in [-0.1, -0.05) is 19.1 Å². The number of carbonyl (C=O) groups excluding carboxylic acids is 1. The molecule has 1 amide bonds. The Balaban J connectivity index is 1.38. The van der Waals surface area contributed by atoms with Crippen LogP contribution in [-0.2, 0) is 13.0 Å². The summed E-state index contributed by atoms with van der Waals surface area (Å²) < 4.78 is 48.1. The highest BCUT2D eigenvalue weighted by atomic mass is 19.4. The molecule has 4 rings (SSSR count). The molecule has 2 aromatic heterocycles. The first-order valence-corrected chi connectivity index (χ1v) is 10.6. The van der Waals surface area contributed by atoms with Gasteiger partial charge in [0.1, 0.15) is 28.6 Å². The molecule has 0 bridgehead atoms. The Hall–Kier alpha value is -4.01. The van der Waals surface area contributed by atoms with E-state index >= 15 is 0 Å². The Morgan fingerprint density at radius 3 is 2.24 bits per heavy atom. The molecule has 6 nitrogen and oxygen atoms in total. The number of hydrogen-bond acceptors (Lipinski definition) is 4. The Morgan fingerprint density at radius 1 is 1.00 bits per heavy atom. The molecule has 0 saturated carbocycles. The van der Waals surface area contributed by atoms with Gasteiger partial charge in [0.2, 0.25) is 0 Å². The summed E-state index contributed by atoms with van der Waals surface area (Å²) in [6, 6.07) is 16.0. The van der Waals surface area contributed by atoms with Crippen molar-refractivity contribution in [3.05, 3.63) is 89.4 Å². The number of ether oxygens (including phenoxy) is 2. The van der Waals surface area contributed by atoms with E-state index in [0.717, 1.165) is 22.5 Å². The molecular weight excluding hydrogens is 447 g/mol. The number of amides is 1. The maximum absolute atomic E-state index is 12.9. The first-order valence-electron chi connectivity index (χ1n) is 10.6. The van der Waals surface area contributed by atoms with Crippen molar-refractivity contribution in [2.45, 2.75) is 33.2 Å². The van der Waals surface area contributed by atoms with Gasteiger partial charge in [0.05, 0.1) is 5.69 Å². The van der Waals surface area contributed by atoms with Crippen LogP contribution < -0.4 is 14.8 Å². The molecule has 0 aliphatic heterocycles. The van der Waals surface area contributed by atoms with Crippen molar-refractivity contribution < 1.29 is 27.4 Å². The van der Waals surface area contributed by atoms with Gasteiger partial charge >= 0.3 is 6.36 Å². The molecule has 0 radical (unpaired) electrons. The van der Waals surface area contributed by atoms with E-state index in [9.17, 15) is 18.0 Å². The Kier molecular flexibility index (Phi) is 6.45. The van der Waals surface area contributed by atoms with E-state index in [1.807, 2.05) is 32.2 Å².